The van der Waals surface area contributed by atoms with Crippen molar-refractivity contribution in [2.45, 2.75) is 0 Å². The van der Waals surface area contributed by atoms with Gasteiger partial charge in [-0.05, 0) is 6.07 Å². The molecule has 1 rings (SSSR count). The molecule has 0 amide bonds. The Labute approximate surface area is 80.6 Å². The van der Waals surface area contributed by atoms with Gasteiger partial charge in [-0.2, -0.15) is 4.73 Å². The van der Waals surface area contributed by atoms with E-state index in [1.807, 2.05) is 0 Å². The first-order chi connectivity index (χ1) is 6.03. The summed E-state index contributed by atoms with van der Waals surface area (Å²) in [5, 5.41) is 10.2. The first-order valence-electron chi connectivity index (χ1n) is 3.29. The molecule has 1 N–H and O–H groups in total. The van der Waals surface area contributed by atoms with Crippen molar-refractivity contribution in [1.82, 2.24) is 0 Å². The summed E-state index contributed by atoms with van der Waals surface area (Å²) in [6, 6.07) is 2.89. The van der Waals surface area contributed by atoms with Gasteiger partial charge in [0.05, 0.1) is 0 Å². The molecular weight excluding hydrogens is 216 g/mol. The molecule has 1 aromatic rings. The summed E-state index contributed by atoms with van der Waals surface area (Å²) in [7, 11) is -3.53. The monoisotopic (exact) mass is 222 g/mol. The molecule has 0 aliphatic carbocycles. The fourth-order valence-corrected chi connectivity index (χ4v) is 1.42. The van der Waals surface area contributed by atoms with Crippen LogP contribution < -0.4 is 9.45 Å². The van der Waals surface area contributed by atoms with E-state index in [4.69, 9.17) is 11.6 Å². The number of nitrogens with one attached hydrogen (secondary N) is 1. The average Bonchev–Trinajstić information content (AvgIpc) is 2.03. The molecule has 0 radical (unpaired) electrons. The first kappa shape index (κ1) is 10.1. The number of aromatic nitrogens is 1. The van der Waals surface area contributed by atoms with Crippen molar-refractivity contribution in [1.29, 1.82) is 0 Å². The van der Waals surface area contributed by atoms with Gasteiger partial charge in [-0.15, -0.1) is 11.6 Å². The number of rotatable bonds is 3. The largest absolute Gasteiger partial charge is 0.619 e. The van der Waals surface area contributed by atoms with E-state index >= 15 is 0 Å². The van der Waals surface area contributed by atoms with Crippen LogP contribution in [0.25, 0.3) is 0 Å². The fraction of sp³-hybridized carbons (Fsp3) is 0.167. The van der Waals surface area contributed by atoms with Gasteiger partial charge < -0.3 is 5.21 Å². The zero-order chi connectivity index (χ0) is 9.90. The molecule has 0 aliphatic heterocycles. The Morgan fingerprint density at radius 2 is 2.31 bits per heavy atom. The smallest absolute Gasteiger partial charge is 0.246 e. The predicted octanol–water partition coefficient (Wildman–Crippen LogP) is 0.258. The molecule has 1 heterocycles. The molecule has 0 aromatic carbocycles. The van der Waals surface area contributed by atoms with Gasteiger partial charge in [0, 0.05) is 6.07 Å². The van der Waals surface area contributed by atoms with Gasteiger partial charge in [-0.1, -0.05) is 0 Å². The summed E-state index contributed by atoms with van der Waals surface area (Å²) in [5.41, 5.74) is 0.193. The molecule has 72 valence electrons. The molecular formula is C6H7ClN2O3S. The van der Waals surface area contributed by atoms with Crippen LogP contribution in [0, 0.1) is 5.21 Å². The van der Waals surface area contributed by atoms with E-state index in [9.17, 15) is 13.6 Å². The molecule has 0 saturated carbocycles. The molecule has 7 heteroatoms. The molecule has 1 aromatic heterocycles. The predicted molar refractivity (Wildman–Crippen MR) is 48.7 cm³/mol. The van der Waals surface area contributed by atoms with Gasteiger partial charge in [0.25, 0.3) is 0 Å². The minimum atomic E-state index is -3.53. The number of hydrogen-bond acceptors (Lipinski definition) is 3. The maximum atomic E-state index is 10.9. The van der Waals surface area contributed by atoms with Crippen molar-refractivity contribution in [3.8, 4) is 0 Å². The number of halogens is 1. The highest BCUT2D eigenvalue weighted by Gasteiger charge is 2.08. The molecule has 0 atom stereocenters. The normalized spacial score (nSPS) is 11.2. The summed E-state index contributed by atoms with van der Waals surface area (Å²) in [6.45, 7) is 0. The molecule has 5 nitrogen and oxygen atoms in total. The van der Waals surface area contributed by atoms with Crippen molar-refractivity contribution in [3.63, 3.8) is 0 Å². The Bertz CT molecular complexity index is 393. The summed E-state index contributed by atoms with van der Waals surface area (Å²) in [4.78, 5) is 0. The van der Waals surface area contributed by atoms with E-state index < -0.39 is 15.2 Å². The van der Waals surface area contributed by atoms with E-state index in [-0.39, 0.29) is 5.69 Å². The van der Waals surface area contributed by atoms with E-state index in [1.54, 1.807) is 0 Å². The molecule has 0 saturated heterocycles. The Hall–Kier alpha value is -1.01. The van der Waals surface area contributed by atoms with Crippen LogP contribution in [0.4, 0.5) is 5.69 Å². The Morgan fingerprint density at radius 1 is 1.62 bits per heavy atom. The van der Waals surface area contributed by atoms with E-state index in [1.165, 1.54) is 18.3 Å². The van der Waals surface area contributed by atoms with Crippen molar-refractivity contribution >= 4 is 27.3 Å². The van der Waals surface area contributed by atoms with Crippen molar-refractivity contribution < 1.29 is 13.1 Å². The lowest BCUT2D eigenvalue weighted by molar-refractivity contribution is -0.604. The lowest BCUT2D eigenvalue weighted by Gasteiger charge is -2.03. The molecule has 0 spiro atoms. The molecule has 0 unspecified atom stereocenters. The van der Waals surface area contributed by atoms with E-state index in [2.05, 4.69) is 4.72 Å². The molecule has 0 bridgehead atoms. The van der Waals surface area contributed by atoms with Crippen LogP contribution in [0.2, 0.25) is 0 Å². The maximum absolute atomic E-state index is 10.9. The lowest BCUT2D eigenvalue weighted by Crippen LogP contribution is -2.25. The van der Waals surface area contributed by atoms with Crippen LogP contribution in [0.1, 0.15) is 0 Å². The van der Waals surface area contributed by atoms with E-state index in [0.717, 1.165) is 6.20 Å². The Kier molecular flexibility index (Phi) is 2.94. The van der Waals surface area contributed by atoms with Gasteiger partial charge in [0.2, 0.25) is 16.2 Å². The van der Waals surface area contributed by atoms with Crippen LogP contribution in [-0.2, 0) is 10.0 Å². The number of pyridine rings is 1. The third-order valence-electron chi connectivity index (χ3n) is 1.19. The minimum Gasteiger partial charge on any atom is -0.619 e. The Balaban J connectivity index is 2.87. The van der Waals surface area contributed by atoms with Gasteiger partial charge in [-0.25, -0.2) is 8.42 Å². The standard InChI is InChI=1S/C6H7ClN2O3S/c7-5-13(11,12)8-6-2-1-3-9(10)4-6/h1-4,8H,5H2. The molecule has 13 heavy (non-hydrogen) atoms. The van der Waals surface area contributed by atoms with Crippen LogP contribution in [0.15, 0.2) is 24.5 Å². The van der Waals surface area contributed by atoms with Crippen LogP contribution in [0.5, 0.6) is 0 Å². The SMILES string of the molecule is O=S(=O)(CCl)Nc1ccc[n+]([O-])c1. The first-order valence-corrected chi connectivity index (χ1v) is 5.47. The zero-order valence-corrected chi connectivity index (χ0v) is 8.05. The van der Waals surface area contributed by atoms with Crippen molar-refractivity contribution in [3.05, 3.63) is 29.7 Å². The summed E-state index contributed by atoms with van der Waals surface area (Å²) >= 11 is 5.15. The fourth-order valence-electron chi connectivity index (χ4n) is 0.722. The lowest BCUT2D eigenvalue weighted by atomic mass is 10.4. The highest BCUT2D eigenvalue weighted by Crippen LogP contribution is 2.05. The second kappa shape index (κ2) is 3.80. The topological polar surface area (TPSA) is 73.1 Å². The maximum Gasteiger partial charge on any atom is 0.246 e. The average molecular weight is 223 g/mol. The van der Waals surface area contributed by atoms with Crippen molar-refractivity contribution in [2.24, 2.45) is 0 Å². The number of anilines is 1. The molecule has 0 fully saturated rings. The quantitative estimate of drug-likeness (QED) is 0.453. The second-order valence-electron chi connectivity index (χ2n) is 2.28. The number of hydrogen-bond donors (Lipinski definition) is 1. The number of alkyl halides is 1. The zero-order valence-electron chi connectivity index (χ0n) is 6.47. The molecule has 0 aliphatic rings. The van der Waals surface area contributed by atoms with Crippen LogP contribution >= 0.6 is 11.6 Å². The van der Waals surface area contributed by atoms with Crippen LogP contribution in [-0.4, -0.2) is 13.6 Å². The third-order valence-corrected chi connectivity index (χ3v) is 2.89. The van der Waals surface area contributed by atoms with Crippen molar-refractivity contribution in [2.75, 3.05) is 9.93 Å². The van der Waals surface area contributed by atoms with Gasteiger partial charge >= 0.3 is 0 Å². The van der Waals surface area contributed by atoms with Crippen LogP contribution in [0.3, 0.4) is 0 Å². The second-order valence-corrected chi connectivity index (χ2v) is 4.58. The Morgan fingerprint density at radius 3 is 2.85 bits per heavy atom. The summed E-state index contributed by atoms with van der Waals surface area (Å²) in [5.74, 6) is 0. The number of nitrogens with zero attached hydrogens (tertiary/aromatic N) is 1. The van der Waals surface area contributed by atoms with Gasteiger partial charge in [0.1, 0.15) is 10.9 Å². The number of sulfonamides is 1. The summed E-state index contributed by atoms with van der Waals surface area (Å²) < 4.78 is 24.5. The summed E-state index contributed by atoms with van der Waals surface area (Å²) in [6.07, 6.45) is 2.35. The van der Waals surface area contributed by atoms with E-state index in [0.29, 0.717) is 4.73 Å². The third kappa shape index (κ3) is 3.08. The van der Waals surface area contributed by atoms with Gasteiger partial charge in [0.15, 0.2) is 6.20 Å². The van der Waals surface area contributed by atoms with Gasteiger partial charge in [-0.3, -0.25) is 4.72 Å². The highest BCUT2D eigenvalue weighted by atomic mass is 35.5. The highest BCUT2D eigenvalue weighted by molar-refractivity contribution is 7.93. The minimum absolute atomic E-state index is 0.193.